The topological polar surface area (TPSA) is 41.4 Å². The van der Waals surface area contributed by atoms with E-state index in [4.69, 9.17) is 23.2 Å². The largest absolute Gasteiger partial charge is 0.368 e. The molecular weight excluding hydrogens is 383 g/mol. The van der Waals surface area contributed by atoms with E-state index in [1.54, 1.807) is 4.68 Å². The molecule has 146 valence electrons. The van der Waals surface area contributed by atoms with Crippen molar-refractivity contribution in [3.8, 4) is 0 Å². The van der Waals surface area contributed by atoms with Crippen molar-refractivity contribution in [3.63, 3.8) is 0 Å². The van der Waals surface area contributed by atoms with Crippen molar-refractivity contribution in [1.82, 2.24) is 14.7 Å². The Hall–Kier alpha value is -1.72. The third-order valence-corrected chi connectivity index (χ3v) is 5.52. The van der Waals surface area contributed by atoms with Crippen LogP contribution in [0.1, 0.15) is 35.5 Å². The van der Waals surface area contributed by atoms with E-state index in [1.807, 2.05) is 30.0 Å². The highest BCUT2D eigenvalue weighted by molar-refractivity contribution is 6.33. The van der Waals surface area contributed by atoms with Gasteiger partial charge in [0.15, 0.2) is 0 Å². The minimum absolute atomic E-state index is 0.0324. The van der Waals surface area contributed by atoms with Gasteiger partial charge in [-0.1, -0.05) is 43.1 Å². The quantitative estimate of drug-likeness (QED) is 0.751. The van der Waals surface area contributed by atoms with Gasteiger partial charge in [0, 0.05) is 43.4 Å². The van der Waals surface area contributed by atoms with Crippen LogP contribution in [0.2, 0.25) is 10.2 Å². The average Bonchev–Trinajstić information content (AvgIpc) is 2.89. The fourth-order valence-corrected chi connectivity index (χ4v) is 3.99. The van der Waals surface area contributed by atoms with E-state index in [2.05, 4.69) is 30.8 Å². The maximum Gasteiger partial charge on any atom is 0.259 e. The molecule has 1 amide bonds. The van der Waals surface area contributed by atoms with Crippen molar-refractivity contribution in [2.75, 3.05) is 31.1 Å². The lowest BCUT2D eigenvalue weighted by Crippen LogP contribution is -2.49. The molecule has 0 bridgehead atoms. The highest BCUT2D eigenvalue weighted by Crippen LogP contribution is 2.27. The molecule has 0 radical (unpaired) electrons. The smallest absolute Gasteiger partial charge is 0.259 e. The van der Waals surface area contributed by atoms with Crippen LogP contribution in [0.5, 0.6) is 0 Å². The summed E-state index contributed by atoms with van der Waals surface area (Å²) in [6.07, 6.45) is 0. The summed E-state index contributed by atoms with van der Waals surface area (Å²) in [4.78, 5) is 17.2. The van der Waals surface area contributed by atoms with E-state index < -0.39 is 0 Å². The van der Waals surface area contributed by atoms with Crippen molar-refractivity contribution in [3.05, 3.63) is 45.2 Å². The van der Waals surface area contributed by atoms with E-state index in [-0.39, 0.29) is 5.91 Å². The van der Waals surface area contributed by atoms with Gasteiger partial charge >= 0.3 is 0 Å². The van der Waals surface area contributed by atoms with Gasteiger partial charge < -0.3 is 9.80 Å². The minimum atomic E-state index is -0.0324. The SMILES string of the molecule is Cc1ccc(Cl)cc1N1CCN(C(=O)c2c(C)nn(CC(C)C)c2Cl)CC1. The molecule has 1 saturated heterocycles. The molecule has 2 heterocycles. The highest BCUT2D eigenvalue weighted by Gasteiger charge is 2.28. The summed E-state index contributed by atoms with van der Waals surface area (Å²) in [6.45, 7) is 11.7. The van der Waals surface area contributed by atoms with Gasteiger partial charge in [-0.15, -0.1) is 0 Å². The molecule has 2 aromatic rings. The Balaban J connectivity index is 1.72. The number of benzene rings is 1. The van der Waals surface area contributed by atoms with E-state index >= 15 is 0 Å². The summed E-state index contributed by atoms with van der Waals surface area (Å²) in [6, 6.07) is 5.92. The molecule has 1 aliphatic heterocycles. The molecule has 0 unspecified atom stereocenters. The lowest BCUT2D eigenvalue weighted by atomic mass is 10.1. The zero-order valence-electron chi connectivity index (χ0n) is 16.3. The number of piperazine rings is 1. The molecule has 3 rings (SSSR count). The van der Waals surface area contributed by atoms with Gasteiger partial charge in [-0.2, -0.15) is 5.10 Å². The number of hydrogen-bond acceptors (Lipinski definition) is 3. The van der Waals surface area contributed by atoms with Gasteiger partial charge in [-0.05, 0) is 37.5 Å². The first-order chi connectivity index (χ1) is 12.8. The Kier molecular flexibility index (Phi) is 6.02. The molecule has 0 spiro atoms. The number of aromatic nitrogens is 2. The average molecular weight is 409 g/mol. The first-order valence-electron chi connectivity index (χ1n) is 9.31. The summed E-state index contributed by atoms with van der Waals surface area (Å²) in [5.41, 5.74) is 3.55. The van der Waals surface area contributed by atoms with Crippen molar-refractivity contribution < 1.29 is 4.79 Å². The molecule has 1 fully saturated rings. The second-order valence-corrected chi connectivity index (χ2v) is 8.33. The Morgan fingerprint density at radius 2 is 1.81 bits per heavy atom. The van der Waals surface area contributed by atoms with Gasteiger partial charge in [0.25, 0.3) is 5.91 Å². The Bertz CT molecular complexity index is 839. The van der Waals surface area contributed by atoms with Gasteiger partial charge in [-0.3, -0.25) is 9.48 Å². The summed E-state index contributed by atoms with van der Waals surface area (Å²) >= 11 is 12.6. The first-order valence-corrected chi connectivity index (χ1v) is 10.1. The summed E-state index contributed by atoms with van der Waals surface area (Å²) in [7, 11) is 0. The number of carbonyl (C=O) groups excluding carboxylic acids is 1. The molecule has 1 aliphatic rings. The normalized spacial score (nSPS) is 14.9. The second kappa shape index (κ2) is 8.11. The molecule has 7 heteroatoms. The maximum absolute atomic E-state index is 13.1. The fraction of sp³-hybridized carbons (Fsp3) is 0.500. The van der Waals surface area contributed by atoms with Crippen LogP contribution in [0.15, 0.2) is 18.2 Å². The summed E-state index contributed by atoms with van der Waals surface area (Å²) < 4.78 is 1.74. The van der Waals surface area contributed by atoms with Crippen LogP contribution in [-0.2, 0) is 6.54 Å². The van der Waals surface area contributed by atoms with Crippen LogP contribution in [0, 0.1) is 19.8 Å². The number of hydrogen-bond donors (Lipinski definition) is 0. The maximum atomic E-state index is 13.1. The van der Waals surface area contributed by atoms with Crippen LogP contribution >= 0.6 is 23.2 Å². The van der Waals surface area contributed by atoms with Crippen LogP contribution in [0.4, 0.5) is 5.69 Å². The van der Waals surface area contributed by atoms with E-state index in [1.165, 1.54) is 5.56 Å². The summed E-state index contributed by atoms with van der Waals surface area (Å²) in [5.74, 6) is 0.379. The van der Waals surface area contributed by atoms with Crippen LogP contribution in [0.25, 0.3) is 0 Å². The van der Waals surface area contributed by atoms with Crippen LogP contribution in [0.3, 0.4) is 0 Å². The predicted molar refractivity (Wildman–Crippen MR) is 111 cm³/mol. The van der Waals surface area contributed by atoms with Crippen molar-refractivity contribution >= 4 is 34.8 Å². The molecule has 1 aromatic carbocycles. The second-order valence-electron chi connectivity index (χ2n) is 7.54. The number of amides is 1. The van der Waals surface area contributed by atoms with E-state index in [9.17, 15) is 4.79 Å². The fourth-order valence-electron chi connectivity index (χ4n) is 3.49. The number of anilines is 1. The molecule has 5 nitrogen and oxygen atoms in total. The molecule has 0 saturated carbocycles. The third-order valence-electron chi connectivity index (χ3n) is 4.90. The van der Waals surface area contributed by atoms with Crippen molar-refractivity contribution in [1.29, 1.82) is 0 Å². The van der Waals surface area contributed by atoms with Crippen LogP contribution in [-0.4, -0.2) is 46.8 Å². The molecule has 0 N–H and O–H groups in total. The summed E-state index contributed by atoms with van der Waals surface area (Å²) in [5, 5.41) is 5.64. The zero-order valence-corrected chi connectivity index (χ0v) is 17.8. The van der Waals surface area contributed by atoms with E-state index in [0.29, 0.717) is 42.0 Å². The van der Waals surface area contributed by atoms with Gasteiger partial charge in [0.2, 0.25) is 0 Å². The number of halogens is 2. The zero-order chi connectivity index (χ0) is 19.7. The molecule has 1 aromatic heterocycles. The molecular formula is C20H26Cl2N4O. The number of rotatable bonds is 4. The Morgan fingerprint density at radius 3 is 2.44 bits per heavy atom. The molecule has 0 atom stereocenters. The van der Waals surface area contributed by atoms with Crippen molar-refractivity contribution in [2.24, 2.45) is 5.92 Å². The van der Waals surface area contributed by atoms with Gasteiger partial charge in [-0.25, -0.2) is 0 Å². The van der Waals surface area contributed by atoms with E-state index in [0.717, 1.165) is 23.8 Å². The Morgan fingerprint density at radius 1 is 1.15 bits per heavy atom. The molecule has 0 aliphatic carbocycles. The van der Waals surface area contributed by atoms with Crippen LogP contribution < -0.4 is 4.90 Å². The predicted octanol–water partition coefficient (Wildman–Crippen LogP) is 4.43. The standard InChI is InChI=1S/C20H26Cl2N4O/c1-13(2)12-26-19(22)18(15(4)23-26)20(27)25-9-7-24(8-10-25)17-11-16(21)6-5-14(17)3/h5-6,11,13H,7-10,12H2,1-4H3. The van der Waals surface area contributed by atoms with Crippen molar-refractivity contribution in [2.45, 2.75) is 34.2 Å². The number of aryl methyl sites for hydroxylation is 2. The first kappa shape index (κ1) is 20.0. The number of carbonyl (C=O) groups is 1. The lowest BCUT2D eigenvalue weighted by molar-refractivity contribution is 0.0746. The van der Waals surface area contributed by atoms with Gasteiger partial charge in [0.05, 0.1) is 11.3 Å². The number of nitrogens with zero attached hydrogens (tertiary/aromatic N) is 4. The Labute approximate surface area is 170 Å². The highest BCUT2D eigenvalue weighted by atomic mass is 35.5. The molecule has 27 heavy (non-hydrogen) atoms. The lowest BCUT2D eigenvalue weighted by Gasteiger charge is -2.37. The third kappa shape index (κ3) is 4.25. The van der Waals surface area contributed by atoms with Gasteiger partial charge in [0.1, 0.15) is 5.15 Å². The minimum Gasteiger partial charge on any atom is -0.368 e. The monoisotopic (exact) mass is 408 g/mol.